The van der Waals surface area contributed by atoms with Gasteiger partial charge in [0.05, 0.1) is 5.56 Å². The van der Waals surface area contributed by atoms with Crippen LogP contribution >= 0.6 is 0 Å². The highest BCUT2D eigenvalue weighted by Crippen LogP contribution is 2.31. The molecule has 0 saturated heterocycles. The van der Waals surface area contributed by atoms with E-state index in [4.69, 9.17) is 0 Å². The van der Waals surface area contributed by atoms with Crippen molar-refractivity contribution in [2.75, 3.05) is 10.6 Å². The smallest absolute Gasteiger partial charge is 0.350 e. The van der Waals surface area contributed by atoms with E-state index in [0.29, 0.717) is 23.1 Å². The summed E-state index contributed by atoms with van der Waals surface area (Å²) in [4.78, 5) is 8.57. The van der Waals surface area contributed by atoms with Crippen LogP contribution in [0.4, 0.5) is 30.6 Å². The molecule has 2 aromatic rings. The van der Waals surface area contributed by atoms with Crippen molar-refractivity contribution in [3.05, 3.63) is 41.6 Å². The molecule has 0 bridgehead atoms. The molecule has 0 aliphatic heterocycles. The first-order chi connectivity index (χ1) is 10.5. The predicted octanol–water partition coefficient (Wildman–Crippen LogP) is 4.76. The van der Waals surface area contributed by atoms with Gasteiger partial charge in [-0.2, -0.15) is 18.2 Å². The van der Waals surface area contributed by atoms with Gasteiger partial charge in [-0.3, -0.25) is 0 Å². The van der Waals surface area contributed by atoms with Crippen LogP contribution in [0.1, 0.15) is 32.0 Å². The highest BCUT2D eigenvalue weighted by molar-refractivity contribution is 5.58. The molecule has 1 aromatic carbocycles. The maximum absolute atomic E-state index is 12.8. The maximum atomic E-state index is 12.8. The number of nitrogens with one attached hydrogen (secondary N) is 2. The summed E-state index contributed by atoms with van der Waals surface area (Å²) in [5.74, 6) is 0.857. The minimum Gasteiger partial charge on any atom is -0.350 e. The van der Waals surface area contributed by atoms with Crippen LogP contribution in [0, 0.1) is 6.92 Å². The summed E-state index contributed by atoms with van der Waals surface area (Å²) in [6.07, 6.45) is -4.38. The highest BCUT2D eigenvalue weighted by Gasteiger charge is 2.30. The number of aromatic nitrogens is 2. The lowest BCUT2D eigenvalue weighted by Crippen LogP contribution is -2.27. The molecule has 0 amide bonds. The summed E-state index contributed by atoms with van der Waals surface area (Å²) in [6.45, 7) is 7.71. The lowest BCUT2D eigenvalue weighted by Gasteiger charge is -2.21. The molecule has 1 heterocycles. The second kappa shape index (κ2) is 6.06. The molecule has 0 aliphatic rings. The Balaban J connectivity index is 2.27. The Hall–Kier alpha value is -2.31. The zero-order valence-electron chi connectivity index (χ0n) is 13.4. The molecule has 0 saturated carbocycles. The minimum absolute atomic E-state index is 0.221. The third kappa shape index (κ3) is 5.12. The molecule has 23 heavy (non-hydrogen) atoms. The number of halogens is 3. The lowest BCUT2D eigenvalue weighted by atomic mass is 10.1. The van der Waals surface area contributed by atoms with E-state index in [-0.39, 0.29) is 5.54 Å². The molecule has 1 aromatic heterocycles. The second-order valence-corrected chi connectivity index (χ2v) is 6.30. The van der Waals surface area contributed by atoms with Crippen molar-refractivity contribution in [1.29, 1.82) is 0 Å². The Labute approximate surface area is 133 Å². The van der Waals surface area contributed by atoms with Gasteiger partial charge in [-0.05, 0) is 45.9 Å². The van der Waals surface area contributed by atoms with Crippen molar-refractivity contribution in [2.45, 2.75) is 39.4 Å². The van der Waals surface area contributed by atoms with Crippen LogP contribution in [0.5, 0.6) is 0 Å². The second-order valence-electron chi connectivity index (χ2n) is 6.30. The number of hydrogen-bond acceptors (Lipinski definition) is 4. The number of alkyl halides is 3. The van der Waals surface area contributed by atoms with E-state index in [1.807, 2.05) is 20.8 Å². The SMILES string of the molecule is Cc1cc(Nc2cccc(C(F)(F)F)c2)nc(NC(C)(C)C)n1. The largest absolute Gasteiger partial charge is 0.416 e. The molecular formula is C16H19F3N4. The standard InChI is InChI=1S/C16H19F3N4/c1-10-8-13(22-14(20-10)23-15(2,3)4)21-12-7-5-6-11(9-12)16(17,18)19/h5-9H,1-4H3,(H2,20,21,22,23). The van der Waals surface area contributed by atoms with Gasteiger partial charge in [0.25, 0.3) is 0 Å². The van der Waals surface area contributed by atoms with E-state index in [0.717, 1.165) is 12.1 Å². The third-order valence-corrected chi connectivity index (χ3v) is 2.80. The number of aryl methyl sites for hydroxylation is 1. The Morgan fingerprint density at radius 3 is 2.30 bits per heavy atom. The first-order valence-corrected chi connectivity index (χ1v) is 7.11. The summed E-state index contributed by atoms with van der Waals surface area (Å²) in [7, 11) is 0. The quantitative estimate of drug-likeness (QED) is 0.855. The average molecular weight is 324 g/mol. The molecule has 0 aliphatic carbocycles. The molecule has 0 atom stereocenters. The zero-order valence-corrected chi connectivity index (χ0v) is 13.4. The van der Waals surface area contributed by atoms with E-state index < -0.39 is 11.7 Å². The Bertz CT molecular complexity index is 690. The zero-order chi connectivity index (χ0) is 17.3. The van der Waals surface area contributed by atoms with Crippen LogP contribution in [-0.4, -0.2) is 15.5 Å². The molecule has 2 N–H and O–H groups in total. The van der Waals surface area contributed by atoms with Crippen molar-refractivity contribution in [2.24, 2.45) is 0 Å². The lowest BCUT2D eigenvalue weighted by molar-refractivity contribution is -0.137. The van der Waals surface area contributed by atoms with E-state index in [1.54, 1.807) is 19.1 Å². The van der Waals surface area contributed by atoms with E-state index in [1.165, 1.54) is 6.07 Å². The van der Waals surface area contributed by atoms with Crippen molar-refractivity contribution < 1.29 is 13.2 Å². The van der Waals surface area contributed by atoms with Gasteiger partial charge < -0.3 is 10.6 Å². The Morgan fingerprint density at radius 2 is 1.70 bits per heavy atom. The van der Waals surface area contributed by atoms with Crippen LogP contribution < -0.4 is 10.6 Å². The number of rotatable bonds is 3. The highest BCUT2D eigenvalue weighted by atomic mass is 19.4. The van der Waals surface area contributed by atoms with E-state index >= 15 is 0 Å². The summed E-state index contributed by atoms with van der Waals surface area (Å²) < 4.78 is 38.3. The van der Waals surface area contributed by atoms with Crippen LogP contribution in [0.3, 0.4) is 0 Å². The molecule has 0 radical (unpaired) electrons. The summed E-state index contributed by atoms with van der Waals surface area (Å²) >= 11 is 0. The summed E-state index contributed by atoms with van der Waals surface area (Å²) in [5.41, 5.74) is 0.100. The number of benzene rings is 1. The fourth-order valence-corrected chi connectivity index (χ4v) is 1.95. The summed E-state index contributed by atoms with van der Waals surface area (Å²) in [6, 6.07) is 6.67. The number of hydrogen-bond donors (Lipinski definition) is 2. The fraction of sp³-hybridized carbons (Fsp3) is 0.375. The normalized spacial score (nSPS) is 12.1. The van der Waals surface area contributed by atoms with Gasteiger partial charge in [0, 0.05) is 23.0 Å². The molecule has 4 nitrogen and oxygen atoms in total. The van der Waals surface area contributed by atoms with Crippen LogP contribution in [0.25, 0.3) is 0 Å². The molecular weight excluding hydrogens is 305 g/mol. The fourth-order valence-electron chi connectivity index (χ4n) is 1.95. The van der Waals surface area contributed by atoms with Gasteiger partial charge in [0.2, 0.25) is 5.95 Å². The molecule has 0 spiro atoms. The average Bonchev–Trinajstić information content (AvgIpc) is 2.35. The van der Waals surface area contributed by atoms with Crippen LogP contribution in [0.2, 0.25) is 0 Å². The predicted molar refractivity (Wildman–Crippen MR) is 84.9 cm³/mol. The monoisotopic (exact) mass is 324 g/mol. The third-order valence-electron chi connectivity index (χ3n) is 2.80. The van der Waals surface area contributed by atoms with E-state index in [2.05, 4.69) is 20.6 Å². The van der Waals surface area contributed by atoms with Gasteiger partial charge in [0.15, 0.2) is 0 Å². The van der Waals surface area contributed by atoms with Gasteiger partial charge in [-0.25, -0.2) is 4.98 Å². The van der Waals surface area contributed by atoms with Gasteiger partial charge in [-0.1, -0.05) is 6.07 Å². The van der Waals surface area contributed by atoms with E-state index in [9.17, 15) is 13.2 Å². The molecule has 2 rings (SSSR count). The van der Waals surface area contributed by atoms with Crippen LogP contribution in [0.15, 0.2) is 30.3 Å². The first kappa shape index (κ1) is 17.1. The molecule has 7 heteroatoms. The number of nitrogens with zero attached hydrogens (tertiary/aromatic N) is 2. The first-order valence-electron chi connectivity index (χ1n) is 7.11. The van der Waals surface area contributed by atoms with Gasteiger partial charge in [-0.15, -0.1) is 0 Å². The van der Waals surface area contributed by atoms with Gasteiger partial charge >= 0.3 is 6.18 Å². The van der Waals surface area contributed by atoms with Crippen molar-refractivity contribution >= 4 is 17.5 Å². The molecule has 0 fully saturated rings. The Kier molecular flexibility index (Phi) is 4.49. The Morgan fingerprint density at radius 1 is 1.00 bits per heavy atom. The minimum atomic E-state index is -4.38. The van der Waals surface area contributed by atoms with Crippen molar-refractivity contribution in [3.8, 4) is 0 Å². The van der Waals surface area contributed by atoms with Crippen molar-refractivity contribution in [1.82, 2.24) is 9.97 Å². The van der Waals surface area contributed by atoms with Crippen molar-refractivity contribution in [3.63, 3.8) is 0 Å². The van der Waals surface area contributed by atoms with Gasteiger partial charge in [0.1, 0.15) is 5.82 Å². The summed E-state index contributed by atoms with van der Waals surface area (Å²) in [5, 5.41) is 6.03. The topological polar surface area (TPSA) is 49.8 Å². The van der Waals surface area contributed by atoms with Crippen LogP contribution in [-0.2, 0) is 6.18 Å². The molecule has 0 unspecified atom stereocenters. The molecule has 124 valence electrons. The maximum Gasteiger partial charge on any atom is 0.416 e. The number of anilines is 3.